The molecule has 5 nitrogen and oxygen atoms in total. The lowest BCUT2D eigenvalue weighted by Crippen LogP contribution is -2.13. The van der Waals surface area contributed by atoms with Crippen molar-refractivity contribution in [3.63, 3.8) is 0 Å². The van der Waals surface area contributed by atoms with Crippen molar-refractivity contribution >= 4 is 11.6 Å². The van der Waals surface area contributed by atoms with Crippen LogP contribution in [0, 0.1) is 5.82 Å². The van der Waals surface area contributed by atoms with Crippen LogP contribution >= 0.6 is 0 Å². The van der Waals surface area contributed by atoms with Crippen molar-refractivity contribution in [2.24, 2.45) is 0 Å². The Bertz CT molecular complexity index is 673. The second-order valence-corrected chi connectivity index (χ2v) is 5.02. The fourth-order valence-electron chi connectivity index (χ4n) is 2.07. The number of methoxy groups -OCH3 is 2. The Balaban J connectivity index is 1.78. The van der Waals surface area contributed by atoms with E-state index in [0.717, 1.165) is 0 Å². The average molecular weight is 333 g/mol. The standard InChI is InChI=1S/C18H20FNO4/c1-22-15-9-10-16(17(12-15)23-2)20-18(21)4-3-11-24-14-7-5-13(19)6-8-14/h5-10,12H,3-4,11H2,1-2H3,(H,20,21). The van der Waals surface area contributed by atoms with Crippen molar-refractivity contribution in [2.45, 2.75) is 12.8 Å². The summed E-state index contributed by atoms with van der Waals surface area (Å²) >= 11 is 0. The number of carbonyl (C=O) groups is 1. The molecule has 128 valence electrons. The minimum Gasteiger partial charge on any atom is -0.497 e. The third kappa shape index (κ3) is 5.15. The molecule has 0 aliphatic carbocycles. The summed E-state index contributed by atoms with van der Waals surface area (Å²) in [6.07, 6.45) is 0.845. The normalized spacial score (nSPS) is 10.1. The number of anilines is 1. The molecule has 0 bridgehead atoms. The number of hydrogen-bond acceptors (Lipinski definition) is 4. The molecular weight excluding hydrogens is 313 g/mol. The van der Waals surface area contributed by atoms with Gasteiger partial charge in [-0.25, -0.2) is 4.39 Å². The van der Waals surface area contributed by atoms with Gasteiger partial charge in [-0.2, -0.15) is 0 Å². The van der Waals surface area contributed by atoms with Crippen molar-refractivity contribution in [3.8, 4) is 17.2 Å². The first-order valence-electron chi connectivity index (χ1n) is 7.52. The van der Waals surface area contributed by atoms with Crippen molar-refractivity contribution < 1.29 is 23.4 Å². The number of rotatable bonds is 8. The number of ether oxygens (including phenoxy) is 3. The maximum atomic E-state index is 12.8. The van der Waals surface area contributed by atoms with E-state index < -0.39 is 0 Å². The third-order valence-electron chi connectivity index (χ3n) is 3.31. The maximum Gasteiger partial charge on any atom is 0.224 e. The highest BCUT2D eigenvalue weighted by Crippen LogP contribution is 2.29. The zero-order valence-corrected chi connectivity index (χ0v) is 13.7. The van der Waals surface area contributed by atoms with Gasteiger partial charge in [-0.3, -0.25) is 4.79 Å². The van der Waals surface area contributed by atoms with Crippen LogP contribution in [0.2, 0.25) is 0 Å². The summed E-state index contributed by atoms with van der Waals surface area (Å²) < 4.78 is 28.6. The summed E-state index contributed by atoms with van der Waals surface area (Å²) in [6, 6.07) is 10.9. The lowest BCUT2D eigenvalue weighted by Gasteiger charge is -2.11. The summed E-state index contributed by atoms with van der Waals surface area (Å²) in [6.45, 7) is 0.374. The number of carbonyl (C=O) groups excluding carboxylic acids is 1. The average Bonchev–Trinajstić information content (AvgIpc) is 2.60. The van der Waals surface area contributed by atoms with E-state index in [1.165, 1.54) is 19.2 Å². The summed E-state index contributed by atoms with van der Waals surface area (Å²) in [4.78, 5) is 12.0. The predicted molar refractivity (Wildman–Crippen MR) is 89.3 cm³/mol. The largest absolute Gasteiger partial charge is 0.497 e. The highest BCUT2D eigenvalue weighted by atomic mass is 19.1. The Hall–Kier alpha value is -2.76. The summed E-state index contributed by atoms with van der Waals surface area (Å²) in [7, 11) is 3.09. The van der Waals surface area contributed by atoms with Crippen LogP contribution in [-0.2, 0) is 4.79 Å². The van der Waals surface area contributed by atoms with Gasteiger partial charge in [-0.05, 0) is 42.8 Å². The molecule has 1 N–H and O–H groups in total. The van der Waals surface area contributed by atoms with Gasteiger partial charge in [0.25, 0.3) is 0 Å². The number of nitrogens with one attached hydrogen (secondary N) is 1. The summed E-state index contributed by atoms with van der Waals surface area (Å²) in [5, 5.41) is 2.79. The first kappa shape index (κ1) is 17.6. The Morgan fingerprint density at radius 2 is 1.75 bits per heavy atom. The number of halogens is 1. The van der Waals surface area contributed by atoms with Crippen molar-refractivity contribution in [1.29, 1.82) is 0 Å². The van der Waals surface area contributed by atoms with Crippen molar-refractivity contribution in [3.05, 3.63) is 48.3 Å². The second kappa shape index (κ2) is 8.76. The molecule has 0 spiro atoms. The molecule has 0 aromatic heterocycles. The highest BCUT2D eigenvalue weighted by molar-refractivity contribution is 5.92. The topological polar surface area (TPSA) is 56.8 Å². The SMILES string of the molecule is COc1ccc(NC(=O)CCCOc2ccc(F)cc2)c(OC)c1. The van der Waals surface area contributed by atoms with Crippen LogP contribution in [0.3, 0.4) is 0 Å². The van der Waals surface area contributed by atoms with Crippen LogP contribution in [-0.4, -0.2) is 26.7 Å². The first-order chi connectivity index (χ1) is 11.6. The molecule has 0 heterocycles. The van der Waals surface area contributed by atoms with E-state index >= 15 is 0 Å². The zero-order chi connectivity index (χ0) is 17.4. The summed E-state index contributed by atoms with van der Waals surface area (Å²) in [5.74, 6) is 1.31. The Kier molecular flexibility index (Phi) is 6.42. The van der Waals surface area contributed by atoms with E-state index in [4.69, 9.17) is 14.2 Å². The quantitative estimate of drug-likeness (QED) is 0.749. The molecule has 0 aliphatic heterocycles. The monoisotopic (exact) mass is 333 g/mol. The number of hydrogen-bond donors (Lipinski definition) is 1. The van der Waals surface area contributed by atoms with E-state index in [1.807, 2.05) is 0 Å². The van der Waals surface area contributed by atoms with E-state index in [0.29, 0.717) is 42.4 Å². The van der Waals surface area contributed by atoms with Crippen LogP contribution < -0.4 is 19.5 Å². The molecule has 0 fully saturated rings. The lowest BCUT2D eigenvalue weighted by atomic mass is 10.2. The zero-order valence-electron chi connectivity index (χ0n) is 13.7. The molecule has 0 atom stereocenters. The van der Waals surface area contributed by atoms with Gasteiger partial charge in [0.15, 0.2) is 0 Å². The van der Waals surface area contributed by atoms with Crippen LogP contribution in [0.15, 0.2) is 42.5 Å². The second-order valence-electron chi connectivity index (χ2n) is 5.02. The molecule has 6 heteroatoms. The molecule has 0 saturated carbocycles. The molecule has 2 aromatic rings. The molecule has 0 radical (unpaired) electrons. The van der Waals surface area contributed by atoms with E-state index in [1.54, 1.807) is 37.4 Å². The minimum atomic E-state index is -0.310. The van der Waals surface area contributed by atoms with Gasteiger partial charge in [0.2, 0.25) is 5.91 Å². The van der Waals surface area contributed by atoms with Crippen LogP contribution in [0.4, 0.5) is 10.1 Å². The maximum absolute atomic E-state index is 12.8. The number of amides is 1. The molecule has 0 aliphatic rings. The van der Waals surface area contributed by atoms with E-state index in [9.17, 15) is 9.18 Å². The van der Waals surface area contributed by atoms with Gasteiger partial charge in [-0.15, -0.1) is 0 Å². The lowest BCUT2D eigenvalue weighted by molar-refractivity contribution is -0.116. The van der Waals surface area contributed by atoms with Crippen molar-refractivity contribution in [2.75, 3.05) is 26.1 Å². The molecular formula is C18H20FNO4. The first-order valence-corrected chi connectivity index (χ1v) is 7.52. The smallest absolute Gasteiger partial charge is 0.224 e. The third-order valence-corrected chi connectivity index (χ3v) is 3.31. The Labute approximate surface area is 140 Å². The highest BCUT2D eigenvalue weighted by Gasteiger charge is 2.09. The van der Waals surface area contributed by atoms with Gasteiger partial charge >= 0.3 is 0 Å². The molecule has 2 rings (SSSR count). The fraction of sp³-hybridized carbons (Fsp3) is 0.278. The van der Waals surface area contributed by atoms with Crippen LogP contribution in [0.5, 0.6) is 17.2 Å². The Morgan fingerprint density at radius 1 is 1.04 bits per heavy atom. The molecule has 24 heavy (non-hydrogen) atoms. The fourth-order valence-corrected chi connectivity index (χ4v) is 2.07. The van der Waals surface area contributed by atoms with E-state index in [2.05, 4.69) is 5.32 Å². The van der Waals surface area contributed by atoms with Crippen LogP contribution in [0.1, 0.15) is 12.8 Å². The minimum absolute atomic E-state index is 0.138. The molecule has 1 amide bonds. The predicted octanol–water partition coefficient (Wildman–Crippen LogP) is 3.64. The molecule has 0 unspecified atom stereocenters. The number of benzene rings is 2. The molecule has 0 saturated heterocycles. The van der Waals surface area contributed by atoms with Gasteiger partial charge in [0, 0.05) is 12.5 Å². The van der Waals surface area contributed by atoms with Gasteiger partial charge in [-0.1, -0.05) is 0 Å². The van der Waals surface area contributed by atoms with Gasteiger partial charge in [0.1, 0.15) is 23.1 Å². The van der Waals surface area contributed by atoms with E-state index in [-0.39, 0.29) is 11.7 Å². The van der Waals surface area contributed by atoms with Crippen LogP contribution in [0.25, 0.3) is 0 Å². The Morgan fingerprint density at radius 3 is 2.42 bits per heavy atom. The van der Waals surface area contributed by atoms with Gasteiger partial charge in [0.05, 0.1) is 26.5 Å². The molecule has 2 aromatic carbocycles. The van der Waals surface area contributed by atoms with Crippen molar-refractivity contribution in [1.82, 2.24) is 0 Å². The van der Waals surface area contributed by atoms with Gasteiger partial charge < -0.3 is 19.5 Å². The summed E-state index contributed by atoms with van der Waals surface area (Å²) in [5.41, 5.74) is 0.586.